The van der Waals surface area contributed by atoms with Crippen LogP contribution in [0.1, 0.15) is 6.92 Å². The van der Waals surface area contributed by atoms with Crippen LogP contribution in [0.4, 0.5) is 0 Å². The Morgan fingerprint density at radius 3 is 2.25 bits per heavy atom. The molecule has 0 spiro atoms. The average molecular weight is 262 g/mol. The molecule has 0 bridgehead atoms. The number of rotatable bonds is 4. The van der Waals surface area contributed by atoms with E-state index in [9.17, 15) is 13.5 Å². The molecule has 1 saturated heterocycles. The molecule has 0 aromatic rings. The number of aliphatic hydroxyl groups is 1. The Hall–Kier alpha value is 0.790. The molecule has 0 aromatic carbocycles. The minimum atomic E-state index is -4.18. The van der Waals surface area contributed by atoms with Crippen LogP contribution < -0.4 is 5.32 Å². The number of hydrogen-bond donors (Lipinski definition) is 3. The van der Waals surface area contributed by atoms with Gasteiger partial charge in [0.25, 0.3) is 10.1 Å². The summed E-state index contributed by atoms with van der Waals surface area (Å²) < 4.78 is 30.9. The van der Waals surface area contributed by atoms with E-state index in [-0.39, 0.29) is 36.1 Å². The molecule has 1 rings (SSSR count). The van der Waals surface area contributed by atoms with Crippen molar-refractivity contribution in [2.45, 2.75) is 18.3 Å². The van der Waals surface area contributed by atoms with Crippen molar-refractivity contribution in [3.8, 4) is 0 Å². The van der Waals surface area contributed by atoms with Gasteiger partial charge < -0.3 is 10.4 Å². The van der Waals surface area contributed by atoms with E-state index in [1.807, 2.05) is 4.90 Å². The van der Waals surface area contributed by atoms with Gasteiger partial charge in [-0.3, -0.25) is 9.45 Å². The topological polar surface area (TPSA) is 89.9 Å². The molecule has 6 nitrogen and oxygen atoms in total. The molecule has 0 aliphatic carbocycles. The van der Waals surface area contributed by atoms with Gasteiger partial charge in [-0.05, 0) is 6.92 Å². The molecular formula is C8H19N2NaO4S. The van der Waals surface area contributed by atoms with Gasteiger partial charge in [-0.1, -0.05) is 0 Å². The molecule has 92 valence electrons. The van der Waals surface area contributed by atoms with Gasteiger partial charge in [0.1, 0.15) is 5.25 Å². The Balaban J connectivity index is 0.00000225. The summed E-state index contributed by atoms with van der Waals surface area (Å²) in [5, 5.41) is 11.3. The van der Waals surface area contributed by atoms with Gasteiger partial charge >= 0.3 is 29.6 Å². The molecule has 3 N–H and O–H groups in total. The molecule has 1 aliphatic heterocycles. The van der Waals surface area contributed by atoms with Crippen LogP contribution >= 0.6 is 0 Å². The Morgan fingerprint density at radius 1 is 1.38 bits per heavy atom. The number of nitrogens with one attached hydrogen (secondary N) is 1. The van der Waals surface area contributed by atoms with Gasteiger partial charge in [0.15, 0.2) is 0 Å². The zero-order valence-electron chi connectivity index (χ0n) is 8.76. The number of piperazine rings is 1. The summed E-state index contributed by atoms with van der Waals surface area (Å²) in [7, 11) is -4.18. The van der Waals surface area contributed by atoms with Gasteiger partial charge in [0, 0.05) is 32.7 Å². The van der Waals surface area contributed by atoms with Crippen LogP contribution in [0.2, 0.25) is 0 Å². The molecule has 8 heteroatoms. The molecular weight excluding hydrogens is 243 g/mol. The van der Waals surface area contributed by atoms with Crippen molar-refractivity contribution in [2.24, 2.45) is 0 Å². The average Bonchev–Trinajstić information content (AvgIpc) is 2.13. The fourth-order valence-electron chi connectivity index (χ4n) is 1.64. The standard InChI is InChI=1S/C8H18N2O4S.Na.H/c1-7(11)8(15(12,13)14)6-10-4-2-9-3-5-10;;/h7-9,11H,2-6H2,1H3,(H,12,13,14);;. The van der Waals surface area contributed by atoms with E-state index >= 15 is 0 Å². The summed E-state index contributed by atoms with van der Waals surface area (Å²) in [5.74, 6) is 0. The minimum absolute atomic E-state index is 0. The first kappa shape index (κ1) is 16.8. The van der Waals surface area contributed by atoms with E-state index in [1.165, 1.54) is 6.92 Å². The third-order valence-corrected chi connectivity index (χ3v) is 3.88. The summed E-state index contributed by atoms with van der Waals surface area (Å²) in [6.45, 7) is 4.63. The predicted octanol–water partition coefficient (Wildman–Crippen LogP) is -2.12. The quantitative estimate of drug-likeness (QED) is 0.396. The van der Waals surface area contributed by atoms with Crippen molar-refractivity contribution in [3.63, 3.8) is 0 Å². The van der Waals surface area contributed by atoms with Crippen LogP contribution in [0.15, 0.2) is 0 Å². The normalized spacial score (nSPS) is 22.2. The van der Waals surface area contributed by atoms with Crippen LogP contribution in [0.25, 0.3) is 0 Å². The van der Waals surface area contributed by atoms with Crippen LogP contribution in [0, 0.1) is 0 Å². The molecule has 0 aromatic heterocycles. The first-order chi connectivity index (χ1) is 6.91. The van der Waals surface area contributed by atoms with Crippen molar-refractivity contribution >= 4 is 39.7 Å². The van der Waals surface area contributed by atoms with Crippen molar-refractivity contribution < 1.29 is 18.1 Å². The molecule has 2 atom stereocenters. The maximum atomic E-state index is 11.0. The second kappa shape index (κ2) is 7.27. The second-order valence-electron chi connectivity index (χ2n) is 3.84. The molecule has 16 heavy (non-hydrogen) atoms. The third-order valence-electron chi connectivity index (χ3n) is 2.57. The molecule has 1 heterocycles. The zero-order chi connectivity index (χ0) is 11.5. The molecule has 0 amide bonds. The van der Waals surface area contributed by atoms with Gasteiger partial charge in [-0.15, -0.1) is 0 Å². The molecule has 1 fully saturated rings. The van der Waals surface area contributed by atoms with E-state index in [1.54, 1.807) is 0 Å². The van der Waals surface area contributed by atoms with Crippen LogP contribution in [-0.4, -0.2) is 96.6 Å². The van der Waals surface area contributed by atoms with Gasteiger partial charge in [0.05, 0.1) is 6.10 Å². The van der Waals surface area contributed by atoms with E-state index in [4.69, 9.17) is 4.55 Å². The van der Waals surface area contributed by atoms with E-state index in [2.05, 4.69) is 5.32 Å². The van der Waals surface area contributed by atoms with Crippen molar-refractivity contribution in [2.75, 3.05) is 32.7 Å². The summed E-state index contributed by atoms with van der Waals surface area (Å²) in [5.41, 5.74) is 0. The molecule has 2 unspecified atom stereocenters. The second-order valence-corrected chi connectivity index (χ2v) is 5.48. The van der Waals surface area contributed by atoms with Crippen molar-refractivity contribution in [1.82, 2.24) is 10.2 Å². The summed E-state index contributed by atoms with van der Waals surface area (Å²) in [4.78, 5) is 1.92. The first-order valence-electron chi connectivity index (χ1n) is 4.98. The SMILES string of the molecule is CC(O)C(CN1CCNCC1)S(=O)(=O)O.[NaH]. The Bertz CT molecular complexity index is 290. The van der Waals surface area contributed by atoms with Crippen molar-refractivity contribution in [1.29, 1.82) is 0 Å². The zero-order valence-corrected chi connectivity index (χ0v) is 9.57. The predicted molar refractivity (Wildman–Crippen MR) is 63.5 cm³/mol. The first-order valence-corrected chi connectivity index (χ1v) is 6.49. The molecule has 0 radical (unpaired) electrons. The monoisotopic (exact) mass is 262 g/mol. The fraction of sp³-hybridized carbons (Fsp3) is 1.00. The third kappa shape index (κ3) is 5.42. The Labute approximate surface area is 118 Å². The van der Waals surface area contributed by atoms with E-state index in [0.717, 1.165) is 26.2 Å². The number of hydrogen-bond acceptors (Lipinski definition) is 5. The van der Waals surface area contributed by atoms with Crippen molar-refractivity contribution in [3.05, 3.63) is 0 Å². The van der Waals surface area contributed by atoms with E-state index in [0.29, 0.717) is 0 Å². The fourth-order valence-corrected chi connectivity index (χ4v) is 2.54. The summed E-state index contributed by atoms with van der Waals surface area (Å²) in [6.07, 6.45) is -1.06. The van der Waals surface area contributed by atoms with Gasteiger partial charge in [-0.2, -0.15) is 8.42 Å². The van der Waals surface area contributed by atoms with Crippen LogP contribution in [-0.2, 0) is 10.1 Å². The summed E-state index contributed by atoms with van der Waals surface area (Å²) >= 11 is 0. The van der Waals surface area contributed by atoms with Crippen LogP contribution in [0.3, 0.4) is 0 Å². The molecule has 1 aliphatic rings. The summed E-state index contributed by atoms with van der Waals surface area (Å²) in [6, 6.07) is 0. The van der Waals surface area contributed by atoms with Crippen LogP contribution in [0.5, 0.6) is 0 Å². The number of nitrogens with zero attached hydrogens (tertiary/aromatic N) is 1. The number of aliphatic hydroxyl groups excluding tert-OH is 1. The molecule has 0 saturated carbocycles. The Kier molecular flexibility index (Phi) is 7.63. The maximum absolute atomic E-state index is 11.0. The Morgan fingerprint density at radius 2 is 1.88 bits per heavy atom. The van der Waals surface area contributed by atoms with E-state index < -0.39 is 21.5 Å². The van der Waals surface area contributed by atoms with Gasteiger partial charge in [-0.25, -0.2) is 0 Å². The van der Waals surface area contributed by atoms with Gasteiger partial charge in [0.2, 0.25) is 0 Å².